The molecule has 1 aromatic heterocycles. The summed E-state index contributed by atoms with van der Waals surface area (Å²) in [7, 11) is -2.94. The Bertz CT molecular complexity index is 906. The molecule has 1 saturated heterocycles. The quantitative estimate of drug-likeness (QED) is 0.585. The summed E-state index contributed by atoms with van der Waals surface area (Å²) in [5.74, 6) is 0.938. The average molecular weight is 460 g/mol. The van der Waals surface area contributed by atoms with E-state index in [1.807, 2.05) is 24.3 Å². The molecule has 1 atom stereocenters. The summed E-state index contributed by atoms with van der Waals surface area (Å²) >= 11 is 8.74. The van der Waals surface area contributed by atoms with Gasteiger partial charge in [-0.05, 0) is 49.3 Å². The van der Waals surface area contributed by atoms with Crippen molar-refractivity contribution in [1.82, 2.24) is 14.7 Å². The molecule has 26 heavy (non-hydrogen) atoms. The number of halogens is 1. The lowest BCUT2D eigenvalue weighted by molar-refractivity contribution is 0.151. The smallest absolute Gasteiger partial charge is 0.288 e. The molecule has 1 unspecified atom stereocenters. The van der Waals surface area contributed by atoms with Gasteiger partial charge in [-0.3, -0.25) is 4.90 Å². The maximum atomic E-state index is 11.9. The van der Waals surface area contributed by atoms with E-state index in [1.165, 1.54) is 0 Å². The Hall–Kier alpha value is -1.03. The van der Waals surface area contributed by atoms with Gasteiger partial charge < -0.3 is 4.42 Å². The van der Waals surface area contributed by atoms with E-state index in [2.05, 4.69) is 32.9 Å². The van der Waals surface area contributed by atoms with Crippen molar-refractivity contribution in [3.8, 4) is 11.5 Å². The van der Waals surface area contributed by atoms with Crippen LogP contribution in [0.4, 0.5) is 0 Å². The fourth-order valence-electron chi connectivity index (χ4n) is 3.07. The number of hydrogen-bond donors (Lipinski definition) is 0. The minimum absolute atomic E-state index is 0.0151. The summed E-state index contributed by atoms with van der Waals surface area (Å²) in [4.78, 5) is 2.46. The molecule has 0 bridgehead atoms. The first-order valence-electron chi connectivity index (χ1n) is 8.66. The van der Waals surface area contributed by atoms with Gasteiger partial charge in [-0.1, -0.05) is 29.3 Å². The highest BCUT2D eigenvalue weighted by Crippen LogP contribution is 2.22. The van der Waals surface area contributed by atoms with Crippen molar-refractivity contribution in [2.24, 2.45) is 0 Å². The molecular weight excluding hydrogens is 438 g/mol. The molecule has 142 valence electrons. The first-order chi connectivity index (χ1) is 12.4. The highest BCUT2D eigenvalue weighted by molar-refractivity contribution is 9.10. The lowest BCUT2D eigenvalue weighted by Crippen LogP contribution is -2.38. The second-order valence-corrected chi connectivity index (χ2v) is 10.0. The van der Waals surface area contributed by atoms with E-state index in [4.69, 9.17) is 16.6 Å². The fraction of sp³-hybridized carbons (Fsp3) is 0.529. The summed E-state index contributed by atoms with van der Waals surface area (Å²) in [5.41, 5.74) is 0.849. The minimum Gasteiger partial charge on any atom is -0.409 e. The lowest BCUT2D eigenvalue weighted by Gasteiger charge is -2.27. The van der Waals surface area contributed by atoms with Gasteiger partial charge in [0.25, 0.3) is 4.84 Å². The van der Waals surface area contributed by atoms with Crippen molar-refractivity contribution < 1.29 is 12.8 Å². The molecule has 2 heterocycles. The number of sulfone groups is 1. The average Bonchev–Trinajstić information content (AvgIpc) is 3.14. The van der Waals surface area contributed by atoms with Gasteiger partial charge >= 0.3 is 0 Å². The highest BCUT2D eigenvalue weighted by Gasteiger charge is 2.32. The Morgan fingerprint density at radius 2 is 2.12 bits per heavy atom. The van der Waals surface area contributed by atoms with Crippen molar-refractivity contribution in [3.05, 3.63) is 33.6 Å². The molecule has 1 aromatic carbocycles. The van der Waals surface area contributed by atoms with Gasteiger partial charge in [-0.25, -0.2) is 13.1 Å². The highest BCUT2D eigenvalue weighted by atomic mass is 79.9. The second kappa shape index (κ2) is 8.33. The first kappa shape index (κ1) is 19.7. The molecule has 9 heteroatoms. The van der Waals surface area contributed by atoms with Crippen LogP contribution in [0, 0.1) is 4.84 Å². The summed E-state index contributed by atoms with van der Waals surface area (Å²) in [6.45, 7) is 3.38. The topological polar surface area (TPSA) is 68.3 Å². The number of unbranched alkanes of at least 4 members (excludes halogenated alkanes) is 1. The molecule has 0 radical (unpaired) electrons. The molecule has 1 aliphatic heterocycles. The van der Waals surface area contributed by atoms with Crippen LogP contribution in [0.1, 0.15) is 26.2 Å². The zero-order valence-corrected chi connectivity index (χ0v) is 17.8. The number of aromatic nitrogens is 2. The predicted octanol–water partition coefficient (Wildman–Crippen LogP) is 3.88. The Morgan fingerprint density at radius 3 is 2.73 bits per heavy atom. The van der Waals surface area contributed by atoms with Crippen LogP contribution >= 0.6 is 28.1 Å². The zero-order chi connectivity index (χ0) is 18.7. The van der Waals surface area contributed by atoms with Gasteiger partial charge in [0.05, 0.1) is 18.2 Å². The van der Waals surface area contributed by atoms with Gasteiger partial charge in [0.2, 0.25) is 5.89 Å². The predicted molar refractivity (Wildman–Crippen MR) is 107 cm³/mol. The molecule has 0 aliphatic carbocycles. The number of nitrogens with zero attached hydrogens (tertiary/aromatic N) is 3. The van der Waals surface area contributed by atoms with Crippen LogP contribution in [0.25, 0.3) is 11.5 Å². The summed E-state index contributed by atoms with van der Waals surface area (Å²) in [6, 6.07) is 7.68. The first-order valence-corrected chi connectivity index (χ1v) is 11.7. The van der Waals surface area contributed by atoms with Crippen molar-refractivity contribution in [2.75, 3.05) is 18.1 Å². The molecule has 3 rings (SSSR count). The van der Waals surface area contributed by atoms with Crippen molar-refractivity contribution in [1.29, 1.82) is 0 Å². The lowest BCUT2D eigenvalue weighted by atomic mass is 10.2. The molecule has 0 spiro atoms. The molecule has 1 aliphatic rings. The Morgan fingerprint density at radius 1 is 1.38 bits per heavy atom. The number of rotatable bonds is 7. The third-order valence-electron chi connectivity index (χ3n) is 4.54. The van der Waals surface area contributed by atoms with Gasteiger partial charge in [0.15, 0.2) is 9.84 Å². The van der Waals surface area contributed by atoms with Crippen LogP contribution < -0.4 is 0 Å². The van der Waals surface area contributed by atoms with Crippen LogP contribution in [0.5, 0.6) is 0 Å². The maximum absolute atomic E-state index is 11.9. The van der Waals surface area contributed by atoms with Gasteiger partial charge in [-0.2, -0.15) is 0 Å². The zero-order valence-electron chi connectivity index (χ0n) is 14.6. The van der Waals surface area contributed by atoms with Crippen LogP contribution in [0.2, 0.25) is 0 Å². The SMILES string of the molecule is CCCCN(Cn1nc(-c2ccc(Br)cc2)oc1=S)C1CCS(=O)(=O)C1. The Balaban J connectivity index is 1.80. The van der Waals surface area contributed by atoms with E-state index in [0.717, 1.165) is 29.4 Å². The number of benzene rings is 1. The van der Waals surface area contributed by atoms with Crippen LogP contribution in [0.3, 0.4) is 0 Å². The van der Waals surface area contributed by atoms with Crippen molar-refractivity contribution in [2.45, 2.75) is 38.9 Å². The van der Waals surface area contributed by atoms with E-state index < -0.39 is 9.84 Å². The van der Waals surface area contributed by atoms with Gasteiger partial charge in [0, 0.05) is 22.6 Å². The standard InChI is InChI=1S/C17H22BrN3O3S2/c1-2-3-9-20(15-8-10-26(22,23)11-15)12-21-17(25)24-16(19-21)13-4-6-14(18)7-5-13/h4-7,15H,2-3,8-12H2,1H3. The largest absolute Gasteiger partial charge is 0.409 e. The molecule has 1 fully saturated rings. The van der Waals surface area contributed by atoms with Crippen LogP contribution in [0.15, 0.2) is 33.2 Å². The fourth-order valence-corrected chi connectivity index (χ4v) is 5.27. The van der Waals surface area contributed by atoms with E-state index in [-0.39, 0.29) is 17.5 Å². The summed E-state index contributed by atoms with van der Waals surface area (Å²) in [5, 5.41) is 4.50. The molecular formula is C17H22BrN3O3S2. The third-order valence-corrected chi connectivity index (χ3v) is 7.11. The monoisotopic (exact) mass is 459 g/mol. The molecule has 0 N–H and O–H groups in total. The minimum atomic E-state index is -2.94. The molecule has 6 nitrogen and oxygen atoms in total. The van der Waals surface area contributed by atoms with Gasteiger partial charge in [-0.15, -0.1) is 5.10 Å². The number of hydrogen-bond acceptors (Lipinski definition) is 6. The van der Waals surface area contributed by atoms with E-state index in [0.29, 0.717) is 23.8 Å². The summed E-state index contributed by atoms with van der Waals surface area (Å²) in [6.07, 6.45) is 2.71. The van der Waals surface area contributed by atoms with E-state index >= 15 is 0 Å². The van der Waals surface area contributed by atoms with Crippen LogP contribution in [-0.2, 0) is 16.5 Å². The van der Waals surface area contributed by atoms with Crippen molar-refractivity contribution >= 4 is 38.0 Å². The molecule has 0 amide bonds. The Labute approximate surface area is 167 Å². The van der Waals surface area contributed by atoms with Crippen molar-refractivity contribution in [3.63, 3.8) is 0 Å². The van der Waals surface area contributed by atoms with E-state index in [9.17, 15) is 8.42 Å². The molecule has 2 aromatic rings. The van der Waals surface area contributed by atoms with E-state index in [1.54, 1.807) is 4.68 Å². The van der Waals surface area contributed by atoms with Crippen LogP contribution in [-0.4, -0.2) is 47.2 Å². The maximum Gasteiger partial charge on any atom is 0.288 e. The normalized spacial score (nSPS) is 19.3. The molecule has 0 saturated carbocycles. The van der Waals surface area contributed by atoms with Gasteiger partial charge in [0.1, 0.15) is 0 Å². The summed E-state index contributed by atoms with van der Waals surface area (Å²) < 4.78 is 32.0. The third kappa shape index (κ3) is 4.82. The second-order valence-electron chi connectivity index (χ2n) is 6.54. The Kier molecular flexibility index (Phi) is 6.32.